The van der Waals surface area contributed by atoms with Crippen LogP contribution in [0.15, 0.2) is 0 Å². The molecular weight excluding hydrogens is 146 g/mol. The summed E-state index contributed by atoms with van der Waals surface area (Å²) < 4.78 is 0. The zero-order valence-corrected chi connectivity index (χ0v) is 8.40. The van der Waals surface area contributed by atoms with Crippen molar-refractivity contribution in [2.24, 2.45) is 11.8 Å². The Morgan fingerprint density at radius 3 is 2.58 bits per heavy atom. The van der Waals surface area contributed by atoms with Gasteiger partial charge in [0, 0.05) is 12.1 Å². The second kappa shape index (κ2) is 3.02. The van der Waals surface area contributed by atoms with Gasteiger partial charge in [0.05, 0.1) is 0 Å². The highest BCUT2D eigenvalue weighted by atomic mass is 15.2. The van der Waals surface area contributed by atoms with Crippen molar-refractivity contribution in [2.45, 2.75) is 51.5 Å². The van der Waals surface area contributed by atoms with E-state index in [1.54, 1.807) is 0 Å². The summed E-state index contributed by atoms with van der Waals surface area (Å²) in [4.78, 5) is 0. The monoisotopic (exact) mass is 167 g/mol. The molecule has 1 nitrogen and oxygen atoms in total. The van der Waals surface area contributed by atoms with Crippen molar-refractivity contribution in [1.82, 2.24) is 5.32 Å². The normalized spacial score (nSPS) is 41.8. The second-order valence-electron chi connectivity index (χ2n) is 4.96. The third-order valence-corrected chi connectivity index (χ3v) is 3.78. The molecule has 0 aromatic carbocycles. The SMILES string of the molecule is CC(C)[C@@H]1CCCCC[C@@]12CN2. The van der Waals surface area contributed by atoms with Gasteiger partial charge in [-0.05, 0) is 24.7 Å². The summed E-state index contributed by atoms with van der Waals surface area (Å²) in [5.41, 5.74) is 0.602. The maximum absolute atomic E-state index is 3.62. The highest BCUT2D eigenvalue weighted by molar-refractivity contribution is 5.09. The van der Waals surface area contributed by atoms with Crippen molar-refractivity contribution in [3.05, 3.63) is 0 Å². The van der Waals surface area contributed by atoms with Gasteiger partial charge in [0.25, 0.3) is 0 Å². The van der Waals surface area contributed by atoms with Crippen molar-refractivity contribution < 1.29 is 0 Å². The Morgan fingerprint density at radius 1 is 1.25 bits per heavy atom. The summed E-state index contributed by atoms with van der Waals surface area (Å²) in [5, 5.41) is 3.62. The van der Waals surface area contributed by atoms with Gasteiger partial charge in [0.1, 0.15) is 0 Å². The summed E-state index contributed by atoms with van der Waals surface area (Å²) >= 11 is 0. The van der Waals surface area contributed by atoms with Crippen LogP contribution >= 0.6 is 0 Å². The van der Waals surface area contributed by atoms with Crippen LogP contribution in [0.1, 0.15) is 46.0 Å². The molecule has 1 saturated heterocycles. The lowest BCUT2D eigenvalue weighted by Gasteiger charge is -2.26. The van der Waals surface area contributed by atoms with Gasteiger partial charge in [-0.2, -0.15) is 0 Å². The average Bonchev–Trinajstić information content (AvgIpc) is 2.80. The molecule has 0 amide bonds. The summed E-state index contributed by atoms with van der Waals surface area (Å²) in [5.74, 6) is 1.83. The summed E-state index contributed by atoms with van der Waals surface area (Å²) in [7, 11) is 0. The first-order valence-electron chi connectivity index (χ1n) is 5.50. The van der Waals surface area contributed by atoms with Crippen LogP contribution in [-0.4, -0.2) is 12.1 Å². The standard InChI is InChI=1S/C11H21N/c1-9(2)10-6-4-3-5-7-11(10)8-12-11/h9-10,12H,3-8H2,1-2H3/t10-,11+/m0/s1. The van der Waals surface area contributed by atoms with Gasteiger partial charge in [0.2, 0.25) is 0 Å². The molecule has 1 N–H and O–H groups in total. The van der Waals surface area contributed by atoms with Gasteiger partial charge in [-0.3, -0.25) is 0 Å². The topological polar surface area (TPSA) is 21.9 Å². The summed E-state index contributed by atoms with van der Waals surface area (Å²) in [6, 6.07) is 0. The molecule has 2 aliphatic rings. The first-order valence-corrected chi connectivity index (χ1v) is 5.50. The molecule has 0 aromatic heterocycles. The van der Waals surface area contributed by atoms with E-state index in [2.05, 4.69) is 19.2 Å². The Hall–Kier alpha value is -0.0400. The smallest absolute Gasteiger partial charge is 0.0337 e. The van der Waals surface area contributed by atoms with Crippen molar-refractivity contribution in [3.63, 3.8) is 0 Å². The van der Waals surface area contributed by atoms with Crippen LogP contribution in [0.5, 0.6) is 0 Å². The first kappa shape index (κ1) is 8.55. The molecular formula is C11H21N. The lowest BCUT2D eigenvalue weighted by atomic mass is 9.79. The van der Waals surface area contributed by atoms with E-state index in [1.807, 2.05) is 0 Å². The van der Waals surface area contributed by atoms with E-state index in [0.717, 1.165) is 11.8 Å². The number of hydrogen-bond donors (Lipinski definition) is 1. The Labute approximate surface area is 75.9 Å². The molecule has 2 atom stereocenters. The van der Waals surface area contributed by atoms with Crippen LogP contribution in [-0.2, 0) is 0 Å². The third kappa shape index (κ3) is 1.39. The van der Waals surface area contributed by atoms with Gasteiger partial charge in [0.15, 0.2) is 0 Å². The van der Waals surface area contributed by atoms with E-state index in [-0.39, 0.29) is 0 Å². The maximum Gasteiger partial charge on any atom is 0.0337 e. The van der Waals surface area contributed by atoms with E-state index in [9.17, 15) is 0 Å². The van der Waals surface area contributed by atoms with Crippen LogP contribution in [0, 0.1) is 11.8 Å². The molecule has 0 radical (unpaired) electrons. The van der Waals surface area contributed by atoms with Crippen LogP contribution in [0.2, 0.25) is 0 Å². The number of hydrogen-bond acceptors (Lipinski definition) is 1. The minimum Gasteiger partial charge on any atom is -0.308 e. The van der Waals surface area contributed by atoms with Crippen LogP contribution in [0.4, 0.5) is 0 Å². The quantitative estimate of drug-likeness (QED) is 0.596. The highest BCUT2D eigenvalue weighted by Gasteiger charge is 2.49. The van der Waals surface area contributed by atoms with Crippen LogP contribution in [0.3, 0.4) is 0 Å². The van der Waals surface area contributed by atoms with E-state index in [1.165, 1.54) is 38.6 Å². The van der Waals surface area contributed by atoms with Crippen molar-refractivity contribution in [1.29, 1.82) is 0 Å². The minimum atomic E-state index is 0.602. The fourth-order valence-electron chi connectivity index (χ4n) is 2.97. The van der Waals surface area contributed by atoms with Crippen molar-refractivity contribution in [3.8, 4) is 0 Å². The Balaban J connectivity index is 2.06. The molecule has 0 unspecified atom stereocenters. The highest BCUT2D eigenvalue weighted by Crippen LogP contribution is 2.42. The molecule has 0 bridgehead atoms. The number of rotatable bonds is 1. The first-order chi connectivity index (χ1) is 5.75. The van der Waals surface area contributed by atoms with Gasteiger partial charge in [-0.1, -0.05) is 33.1 Å². The fraction of sp³-hybridized carbons (Fsp3) is 1.00. The van der Waals surface area contributed by atoms with Crippen LogP contribution < -0.4 is 5.32 Å². The Bertz CT molecular complexity index is 158. The molecule has 1 heterocycles. The molecule has 2 fully saturated rings. The molecule has 1 saturated carbocycles. The second-order valence-corrected chi connectivity index (χ2v) is 4.96. The summed E-state index contributed by atoms with van der Waals surface area (Å²) in [6.45, 7) is 6.07. The molecule has 2 rings (SSSR count). The molecule has 0 aromatic rings. The van der Waals surface area contributed by atoms with Gasteiger partial charge in [-0.15, -0.1) is 0 Å². The van der Waals surface area contributed by atoms with Crippen LogP contribution in [0.25, 0.3) is 0 Å². The summed E-state index contributed by atoms with van der Waals surface area (Å²) in [6.07, 6.45) is 7.29. The largest absolute Gasteiger partial charge is 0.308 e. The zero-order valence-electron chi connectivity index (χ0n) is 8.40. The lowest BCUT2D eigenvalue weighted by Crippen LogP contribution is -2.30. The Kier molecular flexibility index (Phi) is 2.16. The predicted octanol–water partition coefficient (Wildman–Crippen LogP) is 2.56. The van der Waals surface area contributed by atoms with Gasteiger partial charge < -0.3 is 5.32 Å². The predicted molar refractivity (Wildman–Crippen MR) is 52.1 cm³/mol. The number of nitrogens with one attached hydrogen (secondary N) is 1. The minimum absolute atomic E-state index is 0.602. The van der Waals surface area contributed by atoms with Crippen molar-refractivity contribution >= 4 is 0 Å². The van der Waals surface area contributed by atoms with Crippen molar-refractivity contribution in [2.75, 3.05) is 6.54 Å². The van der Waals surface area contributed by atoms with E-state index in [0.29, 0.717) is 5.54 Å². The van der Waals surface area contributed by atoms with E-state index in [4.69, 9.17) is 0 Å². The Morgan fingerprint density at radius 2 is 2.00 bits per heavy atom. The van der Waals surface area contributed by atoms with Gasteiger partial charge >= 0.3 is 0 Å². The molecule has 1 heteroatoms. The molecule has 70 valence electrons. The maximum atomic E-state index is 3.62. The zero-order chi connectivity index (χ0) is 8.60. The van der Waals surface area contributed by atoms with Gasteiger partial charge in [-0.25, -0.2) is 0 Å². The fourth-order valence-corrected chi connectivity index (χ4v) is 2.97. The third-order valence-electron chi connectivity index (χ3n) is 3.78. The molecule has 1 spiro atoms. The molecule has 1 aliphatic carbocycles. The van der Waals surface area contributed by atoms with E-state index < -0.39 is 0 Å². The molecule has 12 heavy (non-hydrogen) atoms. The van der Waals surface area contributed by atoms with E-state index >= 15 is 0 Å². The lowest BCUT2D eigenvalue weighted by molar-refractivity contribution is 0.277. The average molecular weight is 167 g/mol. The molecule has 1 aliphatic heterocycles.